The fraction of sp³-hybridized carbons (Fsp3) is 0.417. The molecule has 0 spiro atoms. The van der Waals surface area contributed by atoms with Gasteiger partial charge in [0.1, 0.15) is 12.6 Å². The molecule has 0 radical (unpaired) electrons. The van der Waals surface area contributed by atoms with E-state index in [1.54, 1.807) is 6.92 Å². The lowest BCUT2D eigenvalue weighted by Gasteiger charge is -2.32. The van der Waals surface area contributed by atoms with E-state index in [4.69, 9.17) is 9.47 Å². The molecule has 2 aromatic rings. The van der Waals surface area contributed by atoms with Crippen LogP contribution in [0.4, 0.5) is 4.79 Å². The zero-order valence-corrected chi connectivity index (χ0v) is 17.3. The van der Waals surface area contributed by atoms with Gasteiger partial charge >= 0.3 is 12.1 Å². The fourth-order valence-corrected chi connectivity index (χ4v) is 4.50. The highest BCUT2D eigenvalue weighted by molar-refractivity contribution is 5.81. The summed E-state index contributed by atoms with van der Waals surface area (Å²) in [6.07, 6.45) is 1.04. The highest BCUT2D eigenvalue weighted by Crippen LogP contribution is 2.44. The first-order valence-corrected chi connectivity index (χ1v) is 10.4. The molecule has 1 amide bonds. The second-order valence-electron chi connectivity index (χ2n) is 8.16. The topological polar surface area (TPSA) is 76.1 Å². The molecular weight excluding hydrogens is 382 g/mol. The number of hydrogen-bond donors (Lipinski definition) is 1. The van der Waals surface area contributed by atoms with Crippen molar-refractivity contribution < 1.29 is 24.2 Å². The third kappa shape index (κ3) is 3.79. The van der Waals surface area contributed by atoms with Crippen LogP contribution in [0.5, 0.6) is 0 Å². The molecular formula is C24H27NO5. The van der Waals surface area contributed by atoms with Gasteiger partial charge in [0.15, 0.2) is 0 Å². The standard InChI is InChI=1S/C24H27NO5/c1-15(13-29-2)22(23(26)27)25(16-11-12-16)24(28)30-14-21-19-9-5-3-7-17(19)18-8-4-6-10-20(18)21/h3-10,15-16,21-22H,11-14H2,1-2H3,(H,26,27). The monoisotopic (exact) mass is 409 g/mol. The molecule has 0 aliphatic heterocycles. The number of benzene rings is 2. The van der Waals surface area contributed by atoms with Gasteiger partial charge in [0.05, 0.1) is 6.61 Å². The van der Waals surface area contributed by atoms with Crippen molar-refractivity contribution in [2.24, 2.45) is 5.92 Å². The molecule has 2 aliphatic carbocycles. The minimum absolute atomic E-state index is 0.0536. The number of fused-ring (bicyclic) bond motifs is 3. The minimum atomic E-state index is -1.03. The Morgan fingerprint density at radius 1 is 1.07 bits per heavy atom. The Hall–Kier alpha value is -2.86. The van der Waals surface area contributed by atoms with E-state index in [0.717, 1.165) is 35.1 Å². The average molecular weight is 409 g/mol. The number of nitrogens with zero attached hydrogens (tertiary/aromatic N) is 1. The molecule has 0 aromatic heterocycles. The number of aliphatic carboxylic acids is 1. The molecule has 2 unspecified atom stereocenters. The van der Waals surface area contributed by atoms with Crippen LogP contribution in [0.3, 0.4) is 0 Å². The molecule has 0 bridgehead atoms. The van der Waals surface area contributed by atoms with E-state index in [-0.39, 0.29) is 31.1 Å². The van der Waals surface area contributed by atoms with Crippen LogP contribution >= 0.6 is 0 Å². The number of carbonyl (C=O) groups is 2. The van der Waals surface area contributed by atoms with Gasteiger partial charge in [0, 0.05) is 25.0 Å². The van der Waals surface area contributed by atoms with Gasteiger partial charge in [-0.15, -0.1) is 0 Å². The smallest absolute Gasteiger partial charge is 0.410 e. The predicted octanol–water partition coefficient (Wildman–Crippen LogP) is 4.14. The molecule has 1 fully saturated rings. The van der Waals surface area contributed by atoms with E-state index >= 15 is 0 Å². The molecule has 6 nitrogen and oxygen atoms in total. The van der Waals surface area contributed by atoms with E-state index < -0.39 is 18.1 Å². The van der Waals surface area contributed by atoms with Crippen molar-refractivity contribution in [3.8, 4) is 11.1 Å². The minimum Gasteiger partial charge on any atom is -0.480 e. The van der Waals surface area contributed by atoms with E-state index in [2.05, 4.69) is 24.3 Å². The summed E-state index contributed by atoms with van der Waals surface area (Å²) >= 11 is 0. The van der Waals surface area contributed by atoms with Crippen molar-refractivity contribution in [1.29, 1.82) is 0 Å². The van der Waals surface area contributed by atoms with Crippen LogP contribution in [0, 0.1) is 5.92 Å². The number of carboxylic acid groups (broad SMARTS) is 1. The largest absolute Gasteiger partial charge is 0.480 e. The van der Waals surface area contributed by atoms with Crippen molar-refractivity contribution in [1.82, 2.24) is 4.90 Å². The van der Waals surface area contributed by atoms with Crippen molar-refractivity contribution in [3.63, 3.8) is 0 Å². The first kappa shape index (κ1) is 20.4. The van der Waals surface area contributed by atoms with Gasteiger partial charge in [-0.25, -0.2) is 9.59 Å². The molecule has 0 heterocycles. The summed E-state index contributed by atoms with van der Waals surface area (Å²) in [6.45, 7) is 2.23. The van der Waals surface area contributed by atoms with Gasteiger partial charge in [-0.1, -0.05) is 55.5 Å². The molecule has 1 saturated carbocycles. The van der Waals surface area contributed by atoms with E-state index in [1.807, 2.05) is 24.3 Å². The summed E-state index contributed by atoms with van der Waals surface area (Å²) in [5.41, 5.74) is 4.58. The number of methoxy groups -OCH3 is 1. The molecule has 6 heteroatoms. The Labute approximate surface area is 176 Å². The van der Waals surface area contributed by atoms with E-state index in [0.29, 0.717) is 0 Å². The van der Waals surface area contributed by atoms with Crippen molar-refractivity contribution >= 4 is 12.1 Å². The lowest BCUT2D eigenvalue weighted by atomic mass is 9.98. The molecule has 2 atom stereocenters. The number of hydrogen-bond acceptors (Lipinski definition) is 4. The summed E-state index contributed by atoms with van der Waals surface area (Å²) < 4.78 is 10.9. The molecule has 2 aliphatic rings. The number of ether oxygens (including phenoxy) is 2. The fourth-order valence-electron chi connectivity index (χ4n) is 4.50. The average Bonchev–Trinajstić information content (AvgIpc) is 3.52. The van der Waals surface area contributed by atoms with Crippen LogP contribution in [-0.4, -0.2) is 54.5 Å². The number of carbonyl (C=O) groups excluding carboxylic acids is 1. The molecule has 1 N–H and O–H groups in total. The van der Waals surface area contributed by atoms with Crippen molar-refractivity contribution in [3.05, 3.63) is 59.7 Å². The Morgan fingerprint density at radius 3 is 2.13 bits per heavy atom. The highest BCUT2D eigenvalue weighted by atomic mass is 16.6. The molecule has 30 heavy (non-hydrogen) atoms. The van der Waals surface area contributed by atoms with Gasteiger partial charge < -0.3 is 14.6 Å². The Balaban J connectivity index is 1.54. The molecule has 0 saturated heterocycles. The maximum atomic E-state index is 13.1. The third-order valence-electron chi connectivity index (χ3n) is 6.01. The van der Waals surface area contributed by atoms with Gasteiger partial charge in [0.2, 0.25) is 0 Å². The first-order chi connectivity index (χ1) is 14.5. The van der Waals surface area contributed by atoms with Crippen LogP contribution in [0.2, 0.25) is 0 Å². The Morgan fingerprint density at radius 2 is 1.63 bits per heavy atom. The summed E-state index contributed by atoms with van der Waals surface area (Å²) in [5, 5.41) is 9.80. The van der Waals surface area contributed by atoms with Crippen LogP contribution in [0.1, 0.15) is 36.8 Å². The highest BCUT2D eigenvalue weighted by Gasteiger charge is 2.44. The lowest BCUT2D eigenvalue weighted by molar-refractivity contribution is -0.145. The summed E-state index contributed by atoms with van der Waals surface area (Å²) in [4.78, 5) is 26.5. The summed E-state index contributed by atoms with van der Waals surface area (Å²) in [6, 6.07) is 15.2. The zero-order valence-electron chi connectivity index (χ0n) is 17.3. The molecule has 4 rings (SSSR count). The van der Waals surface area contributed by atoms with Crippen molar-refractivity contribution in [2.45, 2.75) is 37.8 Å². The number of rotatable bonds is 8. The van der Waals surface area contributed by atoms with Crippen LogP contribution in [0.25, 0.3) is 11.1 Å². The van der Waals surface area contributed by atoms with E-state index in [1.165, 1.54) is 12.0 Å². The summed E-state index contributed by atoms with van der Waals surface area (Å²) in [5.74, 6) is -1.42. The second-order valence-corrected chi connectivity index (χ2v) is 8.16. The van der Waals surface area contributed by atoms with Crippen molar-refractivity contribution in [2.75, 3.05) is 20.3 Å². The van der Waals surface area contributed by atoms with Gasteiger partial charge in [0.25, 0.3) is 0 Å². The SMILES string of the molecule is COCC(C)C(C(=O)O)N(C(=O)OCC1c2ccccc2-c2ccccc21)C1CC1. The molecule has 2 aromatic carbocycles. The van der Waals surface area contributed by atoms with Crippen LogP contribution in [0.15, 0.2) is 48.5 Å². The predicted molar refractivity (Wildman–Crippen MR) is 112 cm³/mol. The second kappa shape index (κ2) is 8.48. The molecule has 158 valence electrons. The number of amides is 1. The summed E-state index contributed by atoms with van der Waals surface area (Å²) in [7, 11) is 1.53. The number of carboxylic acids is 1. The Bertz CT molecular complexity index is 893. The Kier molecular flexibility index (Phi) is 5.77. The maximum Gasteiger partial charge on any atom is 0.410 e. The van der Waals surface area contributed by atoms with Crippen LogP contribution < -0.4 is 0 Å². The lowest BCUT2D eigenvalue weighted by Crippen LogP contribution is -2.51. The van der Waals surface area contributed by atoms with Gasteiger partial charge in [-0.3, -0.25) is 4.90 Å². The zero-order chi connectivity index (χ0) is 21.3. The van der Waals surface area contributed by atoms with Gasteiger partial charge in [-0.2, -0.15) is 0 Å². The third-order valence-corrected chi connectivity index (χ3v) is 6.01. The first-order valence-electron chi connectivity index (χ1n) is 10.4. The van der Waals surface area contributed by atoms with Gasteiger partial charge in [-0.05, 0) is 35.1 Å². The quantitative estimate of drug-likeness (QED) is 0.709. The van der Waals surface area contributed by atoms with Crippen LogP contribution in [-0.2, 0) is 14.3 Å². The normalized spacial score (nSPS) is 17.0. The maximum absolute atomic E-state index is 13.1. The van der Waals surface area contributed by atoms with E-state index in [9.17, 15) is 14.7 Å².